The van der Waals surface area contributed by atoms with Crippen LogP contribution < -0.4 is 5.32 Å². The minimum Gasteiger partial charge on any atom is -0.340 e. The molecule has 1 N–H and O–H groups in total. The van der Waals surface area contributed by atoms with Gasteiger partial charge in [-0.1, -0.05) is 17.7 Å². The van der Waals surface area contributed by atoms with Gasteiger partial charge in [0.2, 0.25) is 0 Å². The number of benzene rings is 1. The van der Waals surface area contributed by atoms with Crippen molar-refractivity contribution in [3.63, 3.8) is 0 Å². The summed E-state index contributed by atoms with van der Waals surface area (Å²) in [4.78, 5) is 12.4. The lowest BCUT2D eigenvalue weighted by atomic mass is 10.2. The number of hydrogen-bond acceptors (Lipinski definition) is 4. The monoisotopic (exact) mass is 251 g/mol. The average Bonchev–Trinajstić information content (AvgIpc) is 2.96. The molecule has 2 heterocycles. The summed E-state index contributed by atoms with van der Waals surface area (Å²) in [6.07, 6.45) is 6.80. The lowest BCUT2D eigenvalue weighted by Crippen LogP contribution is -1.99. The molecule has 0 bridgehead atoms. The Bertz CT molecular complexity index is 659. The quantitative estimate of drug-likeness (QED) is 0.777. The van der Waals surface area contributed by atoms with Gasteiger partial charge in [0.25, 0.3) is 0 Å². The van der Waals surface area contributed by atoms with E-state index in [1.807, 2.05) is 29.0 Å². The molecule has 0 unspecified atom stereocenters. The third-order valence-corrected chi connectivity index (χ3v) is 2.75. The Morgan fingerprint density at radius 2 is 1.95 bits per heavy atom. The highest BCUT2D eigenvalue weighted by atomic mass is 15.1. The van der Waals surface area contributed by atoms with E-state index in [1.165, 1.54) is 11.9 Å². The maximum atomic E-state index is 4.21. The van der Waals surface area contributed by atoms with Crippen LogP contribution >= 0.6 is 0 Å². The fraction of sp³-hybridized carbons (Fsp3) is 0.0714. The molecule has 19 heavy (non-hydrogen) atoms. The first-order valence-corrected chi connectivity index (χ1v) is 5.95. The van der Waals surface area contributed by atoms with Gasteiger partial charge in [-0.25, -0.2) is 15.0 Å². The first-order valence-electron chi connectivity index (χ1n) is 5.95. The van der Waals surface area contributed by atoms with Gasteiger partial charge in [0.1, 0.15) is 24.3 Å². The third kappa shape index (κ3) is 2.60. The molecule has 0 aliphatic heterocycles. The number of nitrogens with zero attached hydrogens (tertiary/aromatic N) is 4. The summed E-state index contributed by atoms with van der Waals surface area (Å²) in [5.41, 5.74) is 2.23. The summed E-state index contributed by atoms with van der Waals surface area (Å²) in [5, 5.41) is 3.25. The minimum absolute atomic E-state index is 0.752. The molecule has 5 heteroatoms. The van der Waals surface area contributed by atoms with Gasteiger partial charge in [-0.05, 0) is 19.1 Å². The Morgan fingerprint density at radius 3 is 2.68 bits per heavy atom. The lowest BCUT2D eigenvalue weighted by Gasteiger charge is -2.07. The van der Waals surface area contributed by atoms with Crippen LogP contribution in [0.3, 0.4) is 0 Å². The summed E-state index contributed by atoms with van der Waals surface area (Å²) in [6.45, 7) is 2.06. The zero-order chi connectivity index (χ0) is 13.1. The molecule has 0 saturated carbocycles. The van der Waals surface area contributed by atoms with Crippen LogP contribution in [0.4, 0.5) is 11.5 Å². The highest BCUT2D eigenvalue weighted by molar-refractivity contribution is 5.57. The van der Waals surface area contributed by atoms with Gasteiger partial charge in [-0.3, -0.25) is 4.57 Å². The second-order valence-corrected chi connectivity index (χ2v) is 4.22. The molecule has 1 aromatic carbocycles. The summed E-state index contributed by atoms with van der Waals surface area (Å²) in [5.74, 6) is 1.53. The summed E-state index contributed by atoms with van der Waals surface area (Å²) in [7, 11) is 0. The Morgan fingerprint density at radius 1 is 1.11 bits per heavy atom. The molecule has 0 aliphatic carbocycles. The standard InChI is InChI=1S/C14H13N5/c1-11-2-4-12(5-3-11)18-13-8-14(17-9-16-13)19-7-6-15-10-19/h2-10H,1H3,(H,16,17,18). The number of hydrogen-bond donors (Lipinski definition) is 1. The molecule has 0 saturated heterocycles. The number of nitrogens with one attached hydrogen (secondary N) is 1. The maximum Gasteiger partial charge on any atom is 0.143 e. The van der Waals surface area contributed by atoms with E-state index in [2.05, 4.69) is 39.3 Å². The number of aromatic nitrogens is 4. The van der Waals surface area contributed by atoms with Crippen molar-refractivity contribution in [1.82, 2.24) is 19.5 Å². The van der Waals surface area contributed by atoms with Crippen molar-refractivity contribution in [2.75, 3.05) is 5.32 Å². The molecule has 2 aromatic heterocycles. The Hall–Kier alpha value is -2.69. The smallest absolute Gasteiger partial charge is 0.143 e. The van der Waals surface area contributed by atoms with Crippen molar-refractivity contribution in [2.24, 2.45) is 0 Å². The van der Waals surface area contributed by atoms with Crippen LogP contribution in [0.2, 0.25) is 0 Å². The molecule has 0 radical (unpaired) electrons. The van der Waals surface area contributed by atoms with E-state index in [1.54, 1.807) is 12.5 Å². The normalized spacial score (nSPS) is 10.4. The molecule has 0 spiro atoms. The molecule has 94 valence electrons. The van der Waals surface area contributed by atoms with Crippen molar-refractivity contribution < 1.29 is 0 Å². The second kappa shape index (κ2) is 4.89. The molecule has 0 amide bonds. The summed E-state index contributed by atoms with van der Waals surface area (Å²) < 4.78 is 1.84. The molecular formula is C14H13N5. The predicted octanol–water partition coefficient (Wildman–Crippen LogP) is 2.71. The van der Waals surface area contributed by atoms with E-state index in [0.29, 0.717) is 0 Å². The Labute approximate surface area is 111 Å². The van der Waals surface area contributed by atoms with Gasteiger partial charge in [-0.15, -0.1) is 0 Å². The predicted molar refractivity (Wildman–Crippen MR) is 73.6 cm³/mol. The fourth-order valence-electron chi connectivity index (χ4n) is 1.74. The average molecular weight is 251 g/mol. The number of aryl methyl sites for hydroxylation is 1. The van der Waals surface area contributed by atoms with E-state index in [-0.39, 0.29) is 0 Å². The van der Waals surface area contributed by atoms with Gasteiger partial charge < -0.3 is 5.32 Å². The van der Waals surface area contributed by atoms with Crippen molar-refractivity contribution in [2.45, 2.75) is 6.92 Å². The van der Waals surface area contributed by atoms with E-state index in [0.717, 1.165) is 17.3 Å². The third-order valence-electron chi connectivity index (χ3n) is 2.75. The van der Waals surface area contributed by atoms with Crippen LogP contribution in [0.5, 0.6) is 0 Å². The van der Waals surface area contributed by atoms with E-state index in [4.69, 9.17) is 0 Å². The highest BCUT2D eigenvalue weighted by Crippen LogP contribution is 2.16. The van der Waals surface area contributed by atoms with Crippen LogP contribution in [-0.2, 0) is 0 Å². The topological polar surface area (TPSA) is 55.6 Å². The van der Waals surface area contributed by atoms with E-state index in [9.17, 15) is 0 Å². The Balaban J connectivity index is 1.85. The van der Waals surface area contributed by atoms with Crippen LogP contribution in [0.15, 0.2) is 55.4 Å². The zero-order valence-corrected chi connectivity index (χ0v) is 10.5. The fourth-order valence-corrected chi connectivity index (χ4v) is 1.74. The van der Waals surface area contributed by atoms with Crippen LogP contribution in [-0.4, -0.2) is 19.5 Å². The van der Waals surface area contributed by atoms with Crippen molar-refractivity contribution >= 4 is 11.5 Å². The molecule has 3 rings (SSSR count). The molecular weight excluding hydrogens is 238 g/mol. The molecule has 0 aliphatic rings. The number of anilines is 2. The first-order chi connectivity index (χ1) is 9.31. The zero-order valence-electron chi connectivity index (χ0n) is 10.5. The van der Waals surface area contributed by atoms with Crippen molar-refractivity contribution in [3.05, 3.63) is 60.9 Å². The van der Waals surface area contributed by atoms with Gasteiger partial charge in [0.05, 0.1) is 0 Å². The SMILES string of the molecule is Cc1ccc(Nc2cc(-n3ccnc3)ncn2)cc1. The van der Waals surface area contributed by atoms with Crippen LogP contribution in [0.25, 0.3) is 5.82 Å². The number of rotatable bonds is 3. The molecule has 3 aromatic rings. The molecule has 5 nitrogen and oxygen atoms in total. The maximum absolute atomic E-state index is 4.21. The van der Waals surface area contributed by atoms with Crippen LogP contribution in [0, 0.1) is 6.92 Å². The largest absolute Gasteiger partial charge is 0.340 e. The minimum atomic E-state index is 0.752. The van der Waals surface area contributed by atoms with Crippen molar-refractivity contribution in [3.8, 4) is 5.82 Å². The Kier molecular flexibility index (Phi) is 2.94. The first kappa shape index (κ1) is 11.4. The molecule has 0 fully saturated rings. The summed E-state index contributed by atoms with van der Waals surface area (Å²) >= 11 is 0. The van der Waals surface area contributed by atoms with Gasteiger partial charge in [0.15, 0.2) is 0 Å². The van der Waals surface area contributed by atoms with Crippen LogP contribution in [0.1, 0.15) is 5.56 Å². The second-order valence-electron chi connectivity index (χ2n) is 4.22. The number of imidazole rings is 1. The molecule has 0 atom stereocenters. The van der Waals surface area contributed by atoms with E-state index >= 15 is 0 Å². The lowest BCUT2D eigenvalue weighted by molar-refractivity contribution is 0.972. The van der Waals surface area contributed by atoms with Crippen molar-refractivity contribution in [1.29, 1.82) is 0 Å². The van der Waals surface area contributed by atoms with Gasteiger partial charge in [0, 0.05) is 24.1 Å². The summed E-state index contributed by atoms with van der Waals surface area (Å²) in [6, 6.07) is 10.0. The highest BCUT2D eigenvalue weighted by Gasteiger charge is 2.01. The van der Waals surface area contributed by atoms with Gasteiger partial charge in [-0.2, -0.15) is 0 Å². The van der Waals surface area contributed by atoms with E-state index < -0.39 is 0 Å². The van der Waals surface area contributed by atoms with Gasteiger partial charge >= 0.3 is 0 Å².